The molecule has 1 amide bonds. The molecule has 3 aromatic rings. The fraction of sp³-hybridized carbons (Fsp3) is 0.364. The molecule has 2 N–H and O–H groups in total. The van der Waals surface area contributed by atoms with Crippen LogP contribution in [0.4, 0.5) is 5.69 Å². The van der Waals surface area contributed by atoms with Crippen molar-refractivity contribution in [2.24, 2.45) is 13.0 Å². The van der Waals surface area contributed by atoms with Gasteiger partial charge < -0.3 is 9.73 Å². The summed E-state index contributed by atoms with van der Waals surface area (Å²) in [4.78, 5) is 24.6. The summed E-state index contributed by atoms with van der Waals surface area (Å²) in [5.41, 5.74) is 3.24. The van der Waals surface area contributed by atoms with Crippen LogP contribution in [0.1, 0.15) is 31.4 Å². The van der Waals surface area contributed by atoms with Gasteiger partial charge in [-0.25, -0.2) is 13.2 Å². The number of aryl methyl sites for hydroxylation is 3. The summed E-state index contributed by atoms with van der Waals surface area (Å²) in [5, 5.41) is 2.83. The van der Waals surface area contributed by atoms with Crippen LogP contribution < -0.4 is 15.8 Å². The number of oxazole rings is 1. The highest BCUT2D eigenvalue weighted by molar-refractivity contribution is 7.89. The molecule has 0 aliphatic carbocycles. The van der Waals surface area contributed by atoms with Gasteiger partial charge in [0.2, 0.25) is 15.9 Å². The second-order valence-corrected chi connectivity index (χ2v) is 9.88. The number of sulfonamides is 1. The number of carbonyl (C=O) groups is 1. The van der Waals surface area contributed by atoms with Gasteiger partial charge in [-0.05, 0) is 49.9 Å². The molecule has 166 valence electrons. The van der Waals surface area contributed by atoms with Gasteiger partial charge in [0.15, 0.2) is 5.58 Å². The Balaban J connectivity index is 1.88. The van der Waals surface area contributed by atoms with Gasteiger partial charge in [0.05, 0.1) is 10.4 Å². The first kappa shape index (κ1) is 22.8. The lowest BCUT2D eigenvalue weighted by atomic mass is 10.0. The number of carbonyl (C=O) groups excluding carboxylic acids is 1. The molecule has 31 heavy (non-hydrogen) atoms. The Morgan fingerprint density at radius 2 is 1.84 bits per heavy atom. The molecule has 0 aliphatic heterocycles. The quantitative estimate of drug-likeness (QED) is 0.581. The normalized spacial score (nSPS) is 13.0. The van der Waals surface area contributed by atoms with Crippen molar-refractivity contribution in [2.75, 3.05) is 5.32 Å². The first-order valence-electron chi connectivity index (χ1n) is 9.98. The van der Waals surface area contributed by atoms with E-state index in [1.165, 1.54) is 29.8 Å². The third-order valence-corrected chi connectivity index (χ3v) is 6.50. The van der Waals surface area contributed by atoms with Crippen LogP contribution in [0.25, 0.3) is 11.1 Å². The number of hydrogen-bond donors (Lipinski definition) is 2. The smallest absolute Gasteiger partial charge is 0.408 e. The number of nitrogens with one attached hydrogen (secondary N) is 2. The van der Waals surface area contributed by atoms with E-state index in [-0.39, 0.29) is 16.4 Å². The van der Waals surface area contributed by atoms with E-state index in [1.807, 2.05) is 39.8 Å². The standard InChI is InChI=1S/C22H27N3O5S/c1-13(2)10-18(21(26)23-17-8-6-14(3)11-15(17)4)24-31(28,29)16-7-9-19-20(12-16)30-22(27)25(19)5/h6-9,11-13,18,24H,10H2,1-5H3,(H,23,26). The van der Waals surface area contributed by atoms with Gasteiger partial charge in [-0.3, -0.25) is 9.36 Å². The van der Waals surface area contributed by atoms with Crippen LogP contribution >= 0.6 is 0 Å². The van der Waals surface area contributed by atoms with Crippen molar-refractivity contribution < 1.29 is 17.6 Å². The van der Waals surface area contributed by atoms with E-state index in [1.54, 1.807) is 6.07 Å². The summed E-state index contributed by atoms with van der Waals surface area (Å²) in [6, 6.07) is 8.83. The number of aromatic nitrogens is 1. The lowest BCUT2D eigenvalue weighted by Crippen LogP contribution is -2.44. The van der Waals surface area contributed by atoms with Crippen LogP contribution in [0.15, 0.2) is 50.5 Å². The van der Waals surface area contributed by atoms with Gasteiger partial charge in [-0.1, -0.05) is 31.5 Å². The molecule has 0 saturated carbocycles. The second-order valence-electron chi connectivity index (χ2n) is 8.17. The maximum Gasteiger partial charge on any atom is 0.419 e. The van der Waals surface area contributed by atoms with E-state index in [9.17, 15) is 18.0 Å². The Morgan fingerprint density at radius 1 is 1.13 bits per heavy atom. The van der Waals surface area contributed by atoms with Gasteiger partial charge in [0, 0.05) is 18.8 Å². The molecule has 0 aliphatic rings. The molecule has 3 rings (SSSR count). The summed E-state index contributed by atoms with van der Waals surface area (Å²) >= 11 is 0. The summed E-state index contributed by atoms with van der Waals surface area (Å²) in [6.07, 6.45) is 0.318. The third kappa shape index (κ3) is 5.05. The number of anilines is 1. The van der Waals surface area contributed by atoms with Crippen molar-refractivity contribution in [2.45, 2.75) is 45.1 Å². The number of amides is 1. The zero-order chi connectivity index (χ0) is 22.9. The van der Waals surface area contributed by atoms with Crippen LogP contribution in [-0.4, -0.2) is 24.9 Å². The predicted octanol–water partition coefficient (Wildman–Crippen LogP) is 3.08. The van der Waals surface area contributed by atoms with E-state index in [4.69, 9.17) is 4.42 Å². The first-order chi connectivity index (χ1) is 14.5. The molecular formula is C22H27N3O5S. The molecule has 0 spiro atoms. The highest BCUT2D eigenvalue weighted by atomic mass is 32.2. The monoisotopic (exact) mass is 445 g/mol. The molecule has 0 radical (unpaired) electrons. The molecule has 1 heterocycles. The zero-order valence-electron chi connectivity index (χ0n) is 18.2. The van der Waals surface area contributed by atoms with Crippen molar-refractivity contribution in [3.05, 3.63) is 58.1 Å². The zero-order valence-corrected chi connectivity index (χ0v) is 19.0. The van der Waals surface area contributed by atoms with Crippen molar-refractivity contribution >= 4 is 32.7 Å². The topological polar surface area (TPSA) is 110 Å². The average molecular weight is 446 g/mol. The van der Waals surface area contributed by atoms with Gasteiger partial charge >= 0.3 is 5.76 Å². The molecule has 1 atom stereocenters. The molecule has 9 heteroatoms. The Hall–Kier alpha value is -2.91. The minimum atomic E-state index is -4.04. The van der Waals surface area contributed by atoms with Crippen LogP contribution in [-0.2, 0) is 21.9 Å². The Labute approximate surface area is 181 Å². The summed E-state index contributed by atoms with van der Waals surface area (Å²) in [5.74, 6) is -0.938. The lowest BCUT2D eigenvalue weighted by molar-refractivity contribution is -0.118. The number of hydrogen-bond acceptors (Lipinski definition) is 5. The number of benzene rings is 2. The van der Waals surface area contributed by atoms with Crippen LogP contribution in [0.3, 0.4) is 0 Å². The third-order valence-electron chi connectivity index (χ3n) is 5.03. The Morgan fingerprint density at radius 3 is 2.48 bits per heavy atom. The fourth-order valence-corrected chi connectivity index (χ4v) is 4.61. The van der Waals surface area contributed by atoms with Crippen molar-refractivity contribution in [1.82, 2.24) is 9.29 Å². The average Bonchev–Trinajstić information content (AvgIpc) is 2.96. The molecule has 0 fully saturated rings. The fourth-order valence-electron chi connectivity index (χ4n) is 3.39. The number of fused-ring (bicyclic) bond motifs is 1. The van der Waals surface area contributed by atoms with Crippen molar-refractivity contribution in [3.63, 3.8) is 0 Å². The van der Waals surface area contributed by atoms with Crippen LogP contribution in [0.5, 0.6) is 0 Å². The molecule has 8 nitrogen and oxygen atoms in total. The largest absolute Gasteiger partial charge is 0.419 e. The summed E-state index contributed by atoms with van der Waals surface area (Å²) < 4.78 is 34.9. The second kappa shape index (κ2) is 8.68. The Bertz CT molecular complexity index is 1290. The SMILES string of the molecule is Cc1ccc(NC(=O)C(CC(C)C)NS(=O)(=O)c2ccc3c(c2)oc(=O)n3C)c(C)c1. The first-order valence-corrected chi connectivity index (χ1v) is 11.5. The van der Waals surface area contributed by atoms with E-state index < -0.39 is 27.7 Å². The van der Waals surface area contributed by atoms with E-state index in [0.29, 0.717) is 17.6 Å². The highest BCUT2D eigenvalue weighted by Crippen LogP contribution is 2.21. The van der Waals surface area contributed by atoms with Crippen molar-refractivity contribution in [3.8, 4) is 0 Å². The van der Waals surface area contributed by atoms with E-state index >= 15 is 0 Å². The Kier molecular flexibility index (Phi) is 6.38. The lowest BCUT2D eigenvalue weighted by Gasteiger charge is -2.21. The van der Waals surface area contributed by atoms with E-state index in [2.05, 4.69) is 10.0 Å². The van der Waals surface area contributed by atoms with Gasteiger partial charge in [-0.2, -0.15) is 4.72 Å². The molecule has 0 bridgehead atoms. The number of nitrogens with zero attached hydrogens (tertiary/aromatic N) is 1. The molecule has 1 aromatic heterocycles. The highest BCUT2D eigenvalue weighted by Gasteiger charge is 2.27. The minimum Gasteiger partial charge on any atom is -0.408 e. The minimum absolute atomic E-state index is 0.0761. The maximum absolute atomic E-state index is 13.0. The molecule has 2 aromatic carbocycles. The van der Waals surface area contributed by atoms with Crippen LogP contribution in [0, 0.1) is 19.8 Å². The van der Waals surface area contributed by atoms with Crippen LogP contribution in [0.2, 0.25) is 0 Å². The van der Waals surface area contributed by atoms with Gasteiger partial charge in [-0.15, -0.1) is 0 Å². The molecule has 0 saturated heterocycles. The summed E-state index contributed by atoms with van der Waals surface area (Å²) in [6.45, 7) is 7.67. The maximum atomic E-state index is 13.0. The predicted molar refractivity (Wildman–Crippen MR) is 120 cm³/mol. The van der Waals surface area contributed by atoms with Gasteiger partial charge in [0.1, 0.15) is 6.04 Å². The van der Waals surface area contributed by atoms with Crippen molar-refractivity contribution in [1.29, 1.82) is 0 Å². The summed E-state index contributed by atoms with van der Waals surface area (Å²) in [7, 11) is -2.50. The molecular weight excluding hydrogens is 418 g/mol. The van der Waals surface area contributed by atoms with Gasteiger partial charge in [0.25, 0.3) is 0 Å². The van der Waals surface area contributed by atoms with E-state index in [0.717, 1.165) is 11.1 Å². The number of rotatable bonds is 7. The molecule has 1 unspecified atom stereocenters.